The molecule has 0 aliphatic heterocycles. The number of benzene rings is 5. The van der Waals surface area contributed by atoms with E-state index in [0.717, 1.165) is 65.4 Å². The molecule has 0 aliphatic carbocycles. The van der Waals surface area contributed by atoms with Crippen molar-refractivity contribution in [1.82, 2.24) is 0 Å². The van der Waals surface area contributed by atoms with Gasteiger partial charge in [0.25, 0.3) is 17.1 Å². The molecule has 5 aromatic carbocycles. The van der Waals surface area contributed by atoms with Crippen molar-refractivity contribution < 1.29 is 52.2 Å². The van der Waals surface area contributed by atoms with Crippen LogP contribution >= 0.6 is 23.2 Å². The van der Waals surface area contributed by atoms with E-state index < -0.39 is 38.4 Å². The van der Waals surface area contributed by atoms with Gasteiger partial charge in [-0.3, -0.25) is 35.7 Å². The summed E-state index contributed by atoms with van der Waals surface area (Å²) in [4.78, 5) is 48.1. The summed E-state index contributed by atoms with van der Waals surface area (Å²) in [5, 5.41) is 53.1. The van der Waals surface area contributed by atoms with Gasteiger partial charge in [-0.15, -0.1) is 23.2 Å². The van der Waals surface area contributed by atoms with Gasteiger partial charge in [0.15, 0.2) is 23.2 Å². The molecule has 3 N–H and O–H groups in total. The third-order valence-electron chi connectivity index (χ3n) is 13.9. The molecule has 454 valence electrons. The van der Waals surface area contributed by atoms with Crippen LogP contribution in [-0.4, -0.2) is 125 Å². The Morgan fingerprint density at radius 2 is 0.964 bits per heavy atom. The highest BCUT2D eigenvalue weighted by Gasteiger charge is 2.38. The van der Waals surface area contributed by atoms with Crippen molar-refractivity contribution in [3.05, 3.63) is 169 Å². The highest BCUT2D eigenvalue weighted by Crippen LogP contribution is 2.38. The molecule has 6 rings (SSSR count). The first kappa shape index (κ1) is 70.6. The fraction of sp³-hybridized carbons (Fsp3) is 0.431. The fourth-order valence-corrected chi connectivity index (χ4v) is 9.58. The molecule has 1 aromatic heterocycles. The number of carbonyl (C=O) groups is 1. The van der Waals surface area contributed by atoms with Crippen LogP contribution in [0.15, 0.2) is 132 Å². The summed E-state index contributed by atoms with van der Waals surface area (Å²) in [6, 6.07) is 34.1. The van der Waals surface area contributed by atoms with Gasteiger partial charge in [-0.1, -0.05) is 59.7 Å². The Morgan fingerprint density at radius 3 is 1.34 bits per heavy atom. The Kier molecular flexibility index (Phi) is 29.0. The SMILES string of the molecule is CC(C)(C)[Si](C)(C)OCCN(CCO[Si](C)(C)C(C)(C)C)c1ccc([N+](=O)[O-])cc1.O=C(Nc1ccc(N(CCCl)CCCl)cc1)OCc1cc2ccccc2o1.O=[N+]([O-])c1ccc(F)cc1.O=[N+]([O-])c1ccc(N(CCO)CCO)cc1. The first-order valence-electron chi connectivity index (χ1n) is 26.8. The smallest absolute Gasteiger partial charge is 0.412 e. The number of furan rings is 1. The van der Waals surface area contributed by atoms with Crippen molar-refractivity contribution in [1.29, 1.82) is 0 Å². The van der Waals surface area contributed by atoms with Gasteiger partial charge in [0.05, 0.1) is 41.2 Å². The number of rotatable bonds is 25. The van der Waals surface area contributed by atoms with Crippen molar-refractivity contribution in [3.63, 3.8) is 0 Å². The van der Waals surface area contributed by atoms with E-state index in [-0.39, 0.29) is 51.9 Å². The lowest BCUT2D eigenvalue weighted by molar-refractivity contribution is -0.385. The number of hydrogen-bond donors (Lipinski definition) is 3. The molecule has 0 radical (unpaired) electrons. The Balaban J connectivity index is 0.000000310. The van der Waals surface area contributed by atoms with E-state index in [1.165, 1.54) is 12.1 Å². The normalized spacial score (nSPS) is 11.4. The summed E-state index contributed by atoms with van der Waals surface area (Å²) in [5.74, 6) is 1.17. The summed E-state index contributed by atoms with van der Waals surface area (Å²) in [5.41, 5.74) is 4.15. The average molecular weight is 1230 g/mol. The minimum absolute atomic E-state index is 0.0247. The minimum Gasteiger partial charge on any atom is -0.457 e. The summed E-state index contributed by atoms with van der Waals surface area (Å²) >= 11 is 11.7. The Bertz CT molecular complexity index is 2840. The lowest BCUT2D eigenvalue weighted by Gasteiger charge is -2.38. The van der Waals surface area contributed by atoms with Crippen molar-refractivity contribution >= 4 is 96.7 Å². The largest absolute Gasteiger partial charge is 0.457 e. The van der Waals surface area contributed by atoms with Gasteiger partial charge in [-0.05, 0) is 109 Å². The van der Waals surface area contributed by atoms with Crippen LogP contribution in [-0.2, 0) is 20.2 Å². The van der Waals surface area contributed by atoms with Crippen LogP contribution in [0.4, 0.5) is 49.0 Å². The predicted octanol–water partition coefficient (Wildman–Crippen LogP) is 14.0. The van der Waals surface area contributed by atoms with Gasteiger partial charge >= 0.3 is 6.09 Å². The zero-order chi connectivity index (χ0) is 62.0. The lowest BCUT2D eigenvalue weighted by Crippen LogP contribution is -2.44. The molecule has 25 heteroatoms. The zero-order valence-corrected chi connectivity index (χ0v) is 52.5. The maximum absolute atomic E-state index is 12.1. The number of ether oxygens (including phenoxy) is 1. The topological polar surface area (TPSA) is 250 Å². The number of nitrogens with zero attached hydrogens (tertiary/aromatic N) is 6. The number of non-ortho nitro benzene ring substituents is 3. The van der Waals surface area contributed by atoms with Crippen LogP contribution in [0.1, 0.15) is 47.3 Å². The Hall–Kier alpha value is -6.71. The average Bonchev–Trinajstić information content (AvgIpc) is 3.93. The van der Waals surface area contributed by atoms with E-state index >= 15 is 0 Å². The molecule has 0 atom stereocenters. The summed E-state index contributed by atoms with van der Waals surface area (Å²) in [7, 11) is -3.65. The second-order valence-electron chi connectivity index (χ2n) is 21.8. The lowest BCUT2D eigenvalue weighted by atomic mass is 10.2. The van der Waals surface area contributed by atoms with Crippen LogP contribution in [0.5, 0.6) is 0 Å². The molecule has 1 heterocycles. The Labute approximate surface area is 497 Å². The number of aliphatic hydroxyl groups is 2. The number of carbonyl (C=O) groups excluding carboxylic acids is 1. The quantitative estimate of drug-likeness (QED) is 0.0209. The maximum atomic E-state index is 12.1. The minimum atomic E-state index is -1.82. The van der Waals surface area contributed by atoms with Crippen molar-refractivity contribution in [2.75, 3.05) is 97.5 Å². The van der Waals surface area contributed by atoms with Crippen LogP contribution in [0.25, 0.3) is 11.0 Å². The first-order chi connectivity index (χ1) is 39.1. The molecule has 1 amide bonds. The van der Waals surface area contributed by atoms with E-state index in [1.807, 2.05) is 66.7 Å². The third kappa shape index (κ3) is 24.2. The van der Waals surface area contributed by atoms with E-state index in [0.29, 0.717) is 62.6 Å². The van der Waals surface area contributed by atoms with Gasteiger partial charge < -0.3 is 42.9 Å². The standard InChI is InChI=1S/C22H42N2O4Si2.C20H20Cl2N2O3.C10H14N2O4.C6H4FNO2/c1-21(2,3)29(7,8)27-17-15-23(16-18-28-30(9,10)22(4,5)6)19-11-13-20(14-12-19)24(25)26;21-9-11-24(12-10-22)17-7-5-16(6-8-17)23-20(25)26-14-18-13-15-3-1-2-4-19(15)27-18;13-7-5-11(6-8-14)9-1-3-10(4-2-9)12(15)16;7-5-1-3-6(4-2-5)8(9)10/h11-14H,15-18H2,1-10H3;1-8,13H,9-12,14H2,(H,23,25);1-4,13-14H,5-8H2;1-4H. The molecular formula is C58H80Cl2FN7O13Si2. The molecule has 0 bridgehead atoms. The van der Waals surface area contributed by atoms with Gasteiger partial charge in [-0.25, -0.2) is 9.18 Å². The molecule has 83 heavy (non-hydrogen) atoms. The zero-order valence-electron chi connectivity index (χ0n) is 49.0. The monoisotopic (exact) mass is 1230 g/mol. The number of halogens is 3. The second kappa shape index (κ2) is 34.2. The molecule has 0 unspecified atom stereocenters. The first-order valence-corrected chi connectivity index (χ1v) is 33.7. The van der Waals surface area contributed by atoms with E-state index in [9.17, 15) is 39.5 Å². The number of anilines is 4. The summed E-state index contributed by atoms with van der Waals surface area (Å²) in [6.45, 7) is 27.4. The molecule has 20 nitrogen and oxygen atoms in total. The molecule has 6 aromatic rings. The van der Waals surface area contributed by atoms with E-state index in [4.69, 9.17) is 51.4 Å². The van der Waals surface area contributed by atoms with Gasteiger partial charge in [0, 0.05) is 116 Å². The number of amides is 1. The number of alkyl halides is 2. The number of nitro groups is 3. The van der Waals surface area contributed by atoms with Gasteiger partial charge in [-0.2, -0.15) is 0 Å². The van der Waals surface area contributed by atoms with Crippen LogP contribution in [0.3, 0.4) is 0 Å². The van der Waals surface area contributed by atoms with Crippen LogP contribution in [0.2, 0.25) is 36.3 Å². The van der Waals surface area contributed by atoms with Crippen molar-refractivity contribution in [3.8, 4) is 0 Å². The number of hydrogen-bond acceptors (Lipinski definition) is 16. The van der Waals surface area contributed by atoms with E-state index in [1.54, 1.807) is 29.2 Å². The van der Waals surface area contributed by atoms with Crippen LogP contribution < -0.4 is 20.0 Å². The molecule has 0 spiro atoms. The Morgan fingerprint density at radius 1 is 0.590 bits per heavy atom. The molecular weight excluding hydrogens is 1150 g/mol. The highest BCUT2D eigenvalue weighted by atomic mass is 35.5. The predicted molar refractivity (Wildman–Crippen MR) is 334 cm³/mol. The molecule has 0 fully saturated rings. The van der Waals surface area contributed by atoms with Gasteiger partial charge in [0.2, 0.25) is 0 Å². The highest BCUT2D eigenvalue weighted by molar-refractivity contribution is 6.74. The number of nitro benzene ring substituents is 3. The third-order valence-corrected chi connectivity index (χ3v) is 23.3. The number of para-hydroxylation sites is 1. The van der Waals surface area contributed by atoms with Gasteiger partial charge in [0.1, 0.15) is 17.2 Å². The molecule has 0 saturated carbocycles. The fourth-order valence-electron chi connectivity index (χ4n) is 7.10. The number of aliphatic hydroxyl groups excluding tert-OH is 2. The maximum Gasteiger partial charge on any atom is 0.412 e. The number of fused-ring (bicyclic) bond motifs is 1. The summed E-state index contributed by atoms with van der Waals surface area (Å²) in [6.07, 6.45) is -0.540. The van der Waals surface area contributed by atoms with Crippen molar-refractivity contribution in [2.24, 2.45) is 0 Å². The van der Waals surface area contributed by atoms with E-state index in [2.05, 4.69) is 82.8 Å². The summed E-state index contributed by atoms with van der Waals surface area (Å²) < 4.78 is 35.7. The van der Waals surface area contributed by atoms with Crippen molar-refractivity contribution in [2.45, 2.75) is 84.4 Å². The molecule has 0 saturated heterocycles. The molecule has 0 aliphatic rings. The van der Waals surface area contributed by atoms with Crippen LogP contribution in [0, 0.1) is 36.2 Å². The second-order valence-corrected chi connectivity index (χ2v) is 32.2. The number of nitrogens with one attached hydrogen (secondary N) is 1.